The Hall–Kier alpha value is -1.95. The number of nitrogens with zero attached hydrogens (tertiary/aromatic N) is 6. The molecule has 0 radical (unpaired) electrons. The molecule has 0 N–H and O–H groups in total. The van der Waals surface area contributed by atoms with Gasteiger partial charge in [-0.05, 0) is 18.8 Å². The number of aromatic nitrogens is 4. The standard InChI is InChI=1S/C16H22N6/c1-12-3-16(18-10-17-12)22-6-13-4-21(5-14(13)7-22)9-15-8-20(2)11-19-15/h3,8,10-11,13-14H,4-7,9H2,1-2H3. The molecule has 2 aromatic heterocycles. The van der Waals surface area contributed by atoms with Crippen LogP contribution in [-0.2, 0) is 13.6 Å². The number of hydrogen-bond donors (Lipinski definition) is 0. The van der Waals surface area contributed by atoms with Gasteiger partial charge in [0.15, 0.2) is 0 Å². The summed E-state index contributed by atoms with van der Waals surface area (Å²) in [6.07, 6.45) is 5.67. The van der Waals surface area contributed by atoms with Crippen molar-refractivity contribution in [3.63, 3.8) is 0 Å². The largest absolute Gasteiger partial charge is 0.356 e. The van der Waals surface area contributed by atoms with Gasteiger partial charge in [0.1, 0.15) is 12.1 Å². The van der Waals surface area contributed by atoms with Crippen molar-refractivity contribution in [2.24, 2.45) is 18.9 Å². The Kier molecular flexibility index (Phi) is 3.33. The van der Waals surface area contributed by atoms with Crippen LogP contribution in [0.2, 0.25) is 0 Å². The molecule has 0 aromatic carbocycles. The van der Waals surface area contributed by atoms with Crippen LogP contribution in [0.5, 0.6) is 0 Å². The van der Waals surface area contributed by atoms with Crippen LogP contribution in [-0.4, -0.2) is 50.6 Å². The molecule has 2 unspecified atom stereocenters. The highest BCUT2D eigenvalue weighted by atomic mass is 15.3. The Morgan fingerprint density at radius 2 is 1.86 bits per heavy atom. The van der Waals surface area contributed by atoms with Crippen LogP contribution in [0.25, 0.3) is 0 Å². The Bertz CT molecular complexity index is 652. The van der Waals surface area contributed by atoms with E-state index < -0.39 is 0 Å². The van der Waals surface area contributed by atoms with Gasteiger partial charge in [0, 0.05) is 57.7 Å². The molecule has 0 spiro atoms. The zero-order chi connectivity index (χ0) is 15.1. The highest BCUT2D eigenvalue weighted by Crippen LogP contribution is 2.33. The first-order valence-corrected chi connectivity index (χ1v) is 7.90. The average molecular weight is 298 g/mol. The lowest BCUT2D eigenvalue weighted by atomic mass is 10.0. The number of rotatable bonds is 3. The molecule has 2 atom stereocenters. The van der Waals surface area contributed by atoms with Crippen LogP contribution in [0.1, 0.15) is 11.4 Å². The number of fused-ring (bicyclic) bond motifs is 1. The molecule has 2 fully saturated rings. The number of likely N-dealkylation sites (tertiary alicyclic amines) is 1. The van der Waals surface area contributed by atoms with Crippen LogP contribution >= 0.6 is 0 Å². The van der Waals surface area contributed by atoms with Crippen molar-refractivity contribution in [3.05, 3.63) is 36.3 Å². The van der Waals surface area contributed by atoms with Crippen LogP contribution in [0.15, 0.2) is 24.9 Å². The van der Waals surface area contributed by atoms with Gasteiger partial charge in [-0.25, -0.2) is 15.0 Å². The second kappa shape index (κ2) is 5.35. The van der Waals surface area contributed by atoms with Crippen molar-refractivity contribution in [2.75, 3.05) is 31.1 Å². The summed E-state index contributed by atoms with van der Waals surface area (Å²) < 4.78 is 2.02. The van der Waals surface area contributed by atoms with E-state index in [9.17, 15) is 0 Å². The van der Waals surface area contributed by atoms with Crippen molar-refractivity contribution in [1.82, 2.24) is 24.4 Å². The van der Waals surface area contributed by atoms with Crippen LogP contribution in [0, 0.1) is 18.8 Å². The maximum Gasteiger partial charge on any atom is 0.132 e. The van der Waals surface area contributed by atoms with Crippen LogP contribution in [0.3, 0.4) is 0 Å². The summed E-state index contributed by atoms with van der Waals surface area (Å²) in [4.78, 5) is 18.0. The summed E-state index contributed by atoms with van der Waals surface area (Å²) in [5.74, 6) is 2.58. The predicted octanol–water partition coefficient (Wildman–Crippen LogP) is 1.09. The van der Waals surface area contributed by atoms with E-state index in [1.807, 2.05) is 24.9 Å². The van der Waals surface area contributed by atoms with Crippen molar-refractivity contribution >= 4 is 5.82 Å². The molecule has 22 heavy (non-hydrogen) atoms. The van der Waals surface area contributed by atoms with E-state index in [4.69, 9.17) is 0 Å². The zero-order valence-electron chi connectivity index (χ0n) is 13.2. The minimum atomic E-state index is 0.749. The summed E-state index contributed by atoms with van der Waals surface area (Å²) in [6.45, 7) is 7.56. The molecule has 0 bridgehead atoms. The molecule has 2 saturated heterocycles. The van der Waals surface area contributed by atoms with Crippen LogP contribution in [0.4, 0.5) is 5.82 Å². The molecule has 4 rings (SSSR count). The second-order valence-corrected chi connectivity index (χ2v) is 6.67. The molecule has 0 saturated carbocycles. The Morgan fingerprint density at radius 1 is 1.09 bits per heavy atom. The van der Waals surface area contributed by atoms with E-state index in [2.05, 4.69) is 37.0 Å². The van der Waals surface area contributed by atoms with Crippen molar-refractivity contribution in [1.29, 1.82) is 0 Å². The van der Waals surface area contributed by atoms with Crippen molar-refractivity contribution in [3.8, 4) is 0 Å². The lowest BCUT2D eigenvalue weighted by Gasteiger charge is -2.21. The second-order valence-electron chi connectivity index (χ2n) is 6.67. The van der Waals surface area contributed by atoms with Gasteiger partial charge in [0.25, 0.3) is 0 Å². The zero-order valence-corrected chi connectivity index (χ0v) is 13.2. The van der Waals surface area contributed by atoms with Gasteiger partial charge in [0.05, 0.1) is 12.0 Å². The highest BCUT2D eigenvalue weighted by Gasteiger charge is 2.40. The minimum Gasteiger partial charge on any atom is -0.356 e. The lowest BCUT2D eigenvalue weighted by molar-refractivity contribution is 0.305. The molecule has 6 heteroatoms. The van der Waals surface area contributed by atoms with Crippen LogP contribution < -0.4 is 4.90 Å². The summed E-state index contributed by atoms with van der Waals surface area (Å²) in [7, 11) is 2.02. The Labute approximate surface area is 130 Å². The third-order valence-electron chi connectivity index (χ3n) is 4.82. The molecule has 2 aliphatic rings. The molecule has 0 amide bonds. The summed E-state index contributed by atoms with van der Waals surface area (Å²) >= 11 is 0. The number of hydrogen-bond acceptors (Lipinski definition) is 5. The molecule has 6 nitrogen and oxygen atoms in total. The van der Waals surface area contributed by atoms with E-state index in [1.165, 1.54) is 18.8 Å². The molecule has 0 aliphatic carbocycles. The van der Waals surface area contributed by atoms with E-state index in [-0.39, 0.29) is 0 Å². The quantitative estimate of drug-likeness (QED) is 0.849. The normalized spacial score (nSPS) is 24.9. The van der Waals surface area contributed by atoms with E-state index in [1.54, 1.807) is 6.33 Å². The van der Waals surface area contributed by atoms with Gasteiger partial charge in [0.2, 0.25) is 0 Å². The number of anilines is 1. The Morgan fingerprint density at radius 3 is 2.50 bits per heavy atom. The molecule has 4 heterocycles. The predicted molar refractivity (Wildman–Crippen MR) is 84.4 cm³/mol. The fraction of sp³-hybridized carbons (Fsp3) is 0.562. The molecule has 116 valence electrons. The van der Waals surface area contributed by atoms with Gasteiger partial charge >= 0.3 is 0 Å². The molecule has 2 aromatic rings. The summed E-state index contributed by atoms with van der Waals surface area (Å²) in [5, 5.41) is 0. The maximum absolute atomic E-state index is 4.44. The fourth-order valence-corrected chi connectivity index (χ4v) is 3.80. The molecule has 2 aliphatic heterocycles. The lowest BCUT2D eigenvalue weighted by Crippen LogP contribution is -2.29. The van der Waals surface area contributed by atoms with E-state index >= 15 is 0 Å². The summed E-state index contributed by atoms with van der Waals surface area (Å²) in [5.41, 5.74) is 2.21. The SMILES string of the molecule is Cc1cc(N2CC3CN(Cc4cn(C)cn4)CC3C2)ncn1. The topological polar surface area (TPSA) is 50.1 Å². The number of imidazole rings is 1. The smallest absolute Gasteiger partial charge is 0.132 e. The third kappa shape index (κ3) is 2.59. The summed E-state index contributed by atoms with van der Waals surface area (Å²) in [6, 6.07) is 2.09. The molecular formula is C16H22N6. The van der Waals surface area contributed by atoms with Gasteiger partial charge in [-0.1, -0.05) is 0 Å². The van der Waals surface area contributed by atoms with Gasteiger partial charge in [-0.15, -0.1) is 0 Å². The van der Waals surface area contributed by atoms with Gasteiger partial charge in [-0.2, -0.15) is 0 Å². The first kappa shape index (κ1) is 13.7. The number of aryl methyl sites for hydroxylation is 2. The van der Waals surface area contributed by atoms with Gasteiger partial charge in [-0.3, -0.25) is 4.90 Å². The highest BCUT2D eigenvalue weighted by molar-refractivity contribution is 5.40. The average Bonchev–Trinajstić information content (AvgIpc) is 3.14. The van der Waals surface area contributed by atoms with E-state index in [0.29, 0.717) is 0 Å². The first-order chi connectivity index (χ1) is 10.7. The van der Waals surface area contributed by atoms with E-state index in [0.717, 1.165) is 43.0 Å². The van der Waals surface area contributed by atoms with Gasteiger partial charge < -0.3 is 9.47 Å². The third-order valence-corrected chi connectivity index (χ3v) is 4.82. The Balaban J connectivity index is 1.38. The monoisotopic (exact) mass is 298 g/mol. The van der Waals surface area contributed by atoms with Crippen molar-refractivity contribution in [2.45, 2.75) is 13.5 Å². The molecular weight excluding hydrogens is 276 g/mol. The van der Waals surface area contributed by atoms with Crippen molar-refractivity contribution < 1.29 is 0 Å². The maximum atomic E-state index is 4.44. The first-order valence-electron chi connectivity index (χ1n) is 7.90. The minimum absolute atomic E-state index is 0.749. The fourth-order valence-electron chi connectivity index (χ4n) is 3.80.